The molecule has 0 heterocycles. The molecule has 2 rings (SSSR count). The normalized spacial score (nSPS) is 18.1. The summed E-state index contributed by atoms with van der Waals surface area (Å²) < 4.78 is 0. The average molecular weight is 191 g/mol. The molecular weight excluding hydrogens is 174 g/mol. The molecule has 0 radical (unpaired) electrons. The molecule has 14 heavy (non-hydrogen) atoms. The molecule has 0 aromatic heterocycles. The highest BCUT2D eigenvalue weighted by Gasteiger charge is 2.30. The smallest absolute Gasteiger partial charge is 0.0465 e. The van der Waals surface area contributed by atoms with Crippen LogP contribution < -0.4 is 5.73 Å². The summed E-state index contributed by atoms with van der Waals surface area (Å²) in [5, 5.41) is 9.25. The van der Waals surface area contributed by atoms with Gasteiger partial charge in [0.2, 0.25) is 0 Å². The Hall–Kier alpha value is -1.02. The molecule has 2 nitrogen and oxygen atoms in total. The first-order valence-electron chi connectivity index (χ1n) is 5.25. The number of benzene rings is 1. The van der Waals surface area contributed by atoms with Gasteiger partial charge >= 0.3 is 0 Å². The van der Waals surface area contributed by atoms with E-state index in [-0.39, 0.29) is 0 Å². The number of aliphatic hydroxyl groups is 1. The van der Waals surface area contributed by atoms with Crippen LogP contribution in [0.5, 0.6) is 0 Å². The molecule has 1 fully saturated rings. The van der Waals surface area contributed by atoms with Gasteiger partial charge in [-0.1, -0.05) is 18.2 Å². The predicted molar refractivity (Wildman–Crippen MR) is 57.9 cm³/mol. The van der Waals surface area contributed by atoms with Crippen molar-refractivity contribution in [2.75, 3.05) is 12.3 Å². The second-order valence-electron chi connectivity index (χ2n) is 4.18. The summed E-state index contributed by atoms with van der Waals surface area (Å²) in [5.74, 6) is 1.15. The molecule has 1 aromatic carbocycles. The number of rotatable bonds is 4. The van der Waals surface area contributed by atoms with E-state index in [1.165, 1.54) is 18.4 Å². The highest BCUT2D eigenvalue weighted by molar-refractivity contribution is 5.46. The van der Waals surface area contributed by atoms with Crippen molar-refractivity contribution < 1.29 is 5.11 Å². The standard InChI is InChI=1S/C12H17NO/c13-12-4-2-1-3-10(12)7-11(8-14)9-5-6-9/h1-4,9,11,14H,5-8,13H2. The minimum Gasteiger partial charge on any atom is -0.399 e. The third-order valence-electron chi connectivity index (χ3n) is 3.06. The van der Waals surface area contributed by atoms with E-state index in [1.54, 1.807) is 0 Å². The first-order chi connectivity index (χ1) is 6.81. The van der Waals surface area contributed by atoms with Crippen LogP contribution in [-0.4, -0.2) is 11.7 Å². The quantitative estimate of drug-likeness (QED) is 0.713. The van der Waals surface area contributed by atoms with E-state index >= 15 is 0 Å². The Morgan fingerprint density at radius 3 is 2.64 bits per heavy atom. The van der Waals surface area contributed by atoms with E-state index in [0.29, 0.717) is 12.5 Å². The van der Waals surface area contributed by atoms with Crippen LogP contribution in [0.1, 0.15) is 18.4 Å². The molecule has 1 atom stereocenters. The van der Waals surface area contributed by atoms with Crippen LogP contribution in [0.15, 0.2) is 24.3 Å². The van der Waals surface area contributed by atoms with Crippen LogP contribution in [0.3, 0.4) is 0 Å². The second kappa shape index (κ2) is 4.01. The van der Waals surface area contributed by atoms with Gasteiger partial charge in [-0.25, -0.2) is 0 Å². The molecule has 76 valence electrons. The van der Waals surface area contributed by atoms with Crippen LogP contribution in [0, 0.1) is 11.8 Å². The Bertz CT molecular complexity index is 307. The third kappa shape index (κ3) is 2.07. The number of anilines is 1. The molecular formula is C12H17NO. The van der Waals surface area contributed by atoms with Gasteiger partial charge in [-0.2, -0.15) is 0 Å². The summed E-state index contributed by atoms with van der Waals surface area (Å²) in [6, 6.07) is 7.94. The molecule has 0 bridgehead atoms. The van der Waals surface area contributed by atoms with Crippen molar-refractivity contribution >= 4 is 5.69 Å². The first kappa shape index (κ1) is 9.53. The SMILES string of the molecule is Nc1ccccc1CC(CO)C1CC1. The molecule has 0 aliphatic heterocycles. The monoisotopic (exact) mass is 191 g/mol. The number of hydrogen-bond donors (Lipinski definition) is 2. The molecule has 1 aliphatic carbocycles. The second-order valence-corrected chi connectivity index (χ2v) is 4.18. The fourth-order valence-electron chi connectivity index (χ4n) is 1.95. The van der Waals surface area contributed by atoms with Gasteiger partial charge in [0, 0.05) is 12.3 Å². The van der Waals surface area contributed by atoms with E-state index in [1.807, 2.05) is 18.2 Å². The molecule has 0 spiro atoms. The molecule has 0 amide bonds. The number of aliphatic hydroxyl groups excluding tert-OH is 1. The highest BCUT2D eigenvalue weighted by atomic mass is 16.3. The summed E-state index contributed by atoms with van der Waals surface area (Å²) in [6.07, 6.45) is 3.48. The summed E-state index contributed by atoms with van der Waals surface area (Å²) in [5.41, 5.74) is 7.89. The van der Waals surface area contributed by atoms with Crippen LogP contribution in [0.2, 0.25) is 0 Å². The molecule has 3 N–H and O–H groups in total. The highest BCUT2D eigenvalue weighted by Crippen LogP contribution is 2.38. The molecule has 1 aromatic rings. The lowest BCUT2D eigenvalue weighted by atomic mass is 9.95. The van der Waals surface area contributed by atoms with E-state index in [2.05, 4.69) is 6.07 Å². The minimum absolute atomic E-state index is 0.291. The van der Waals surface area contributed by atoms with E-state index < -0.39 is 0 Å². The van der Waals surface area contributed by atoms with Crippen molar-refractivity contribution in [3.05, 3.63) is 29.8 Å². The third-order valence-corrected chi connectivity index (χ3v) is 3.06. The van der Waals surface area contributed by atoms with Crippen molar-refractivity contribution in [3.8, 4) is 0 Å². The first-order valence-corrected chi connectivity index (χ1v) is 5.25. The molecule has 1 saturated carbocycles. The van der Waals surface area contributed by atoms with Crippen LogP contribution in [-0.2, 0) is 6.42 Å². The van der Waals surface area contributed by atoms with Crippen molar-refractivity contribution in [1.82, 2.24) is 0 Å². The lowest BCUT2D eigenvalue weighted by Crippen LogP contribution is -2.12. The van der Waals surface area contributed by atoms with E-state index in [0.717, 1.165) is 18.0 Å². The largest absolute Gasteiger partial charge is 0.399 e. The Labute approximate surface area is 84.7 Å². The van der Waals surface area contributed by atoms with E-state index in [9.17, 15) is 5.11 Å². The Morgan fingerprint density at radius 2 is 2.07 bits per heavy atom. The Balaban J connectivity index is 2.04. The van der Waals surface area contributed by atoms with Gasteiger partial charge in [-0.3, -0.25) is 0 Å². The van der Waals surface area contributed by atoms with Gasteiger partial charge in [0.25, 0.3) is 0 Å². The summed E-state index contributed by atoms with van der Waals surface area (Å²) >= 11 is 0. The zero-order valence-corrected chi connectivity index (χ0v) is 8.32. The Morgan fingerprint density at radius 1 is 1.36 bits per heavy atom. The maximum atomic E-state index is 9.25. The number of nitrogen functional groups attached to an aromatic ring is 1. The van der Waals surface area contributed by atoms with Crippen molar-refractivity contribution in [2.24, 2.45) is 11.8 Å². The van der Waals surface area contributed by atoms with Crippen molar-refractivity contribution in [2.45, 2.75) is 19.3 Å². The van der Waals surface area contributed by atoms with Crippen LogP contribution >= 0.6 is 0 Å². The van der Waals surface area contributed by atoms with Crippen molar-refractivity contribution in [3.63, 3.8) is 0 Å². The summed E-state index contributed by atoms with van der Waals surface area (Å²) in [7, 11) is 0. The lowest BCUT2D eigenvalue weighted by Gasteiger charge is -2.14. The zero-order valence-electron chi connectivity index (χ0n) is 8.32. The molecule has 1 aliphatic rings. The maximum absolute atomic E-state index is 9.25. The minimum atomic E-state index is 0.291. The van der Waals surface area contributed by atoms with Crippen LogP contribution in [0.4, 0.5) is 5.69 Å². The molecule has 2 heteroatoms. The Kier molecular flexibility index (Phi) is 2.73. The van der Waals surface area contributed by atoms with Gasteiger partial charge in [0.05, 0.1) is 0 Å². The topological polar surface area (TPSA) is 46.2 Å². The van der Waals surface area contributed by atoms with E-state index in [4.69, 9.17) is 5.73 Å². The number of hydrogen-bond acceptors (Lipinski definition) is 2. The van der Waals surface area contributed by atoms with Crippen LogP contribution in [0.25, 0.3) is 0 Å². The summed E-state index contributed by atoms with van der Waals surface area (Å²) in [4.78, 5) is 0. The fraction of sp³-hybridized carbons (Fsp3) is 0.500. The van der Waals surface area contributed by atoms with Gasteiger partial charge in [-0.05, 0) is 42.7 Å². The lowest BCUT2D eigenvalue weighted by molar-refractivity contribution is 0.209. The van der Waals surface area contributed by atoms with Gasteiger partial charge in [0.1, 0.15) is 0 Å². The van der Waals surface area contributed by atoms with Gasteiger partial charge in [0.15, 0.2) is 0 Å². The molecule has 1 unspecified atom stereocenters. The summed E-state index contributed by atoms with van der Waals surface area (Å²) in [6.45, 7) is 0.291. The van der Waals surface area contributed by atoms with Gasteiger partial charge in [-0.15, -0.1) is 0 Å². The number of para-hydroxylation sites is 1. The van der Waals surface area contributed by atoms with Gasteiger partial charge < -0.3 is 10.8 Å². The zero-order chi connectivity index (χ0) is 9.97. The number of nitrogens with two attached hydrogens (primary N) is 1. The fourth-order valence-corrected chi connectivity index (χ4v) is 1.95. The maximum Gasteiger partial charge on any atom is 0.0465 e. The van der Waals surface area contributed by atoms with Crippen molar-refractivity contribution in [1.29, 1.82) is 0 Å². The average Bonchev–Trinajstić information content (AvgIpc) is 3.00. The molecule has 0 saturated heterocycles. The predicted octanol–water partition coefficient (Wildman–Crippen LogP) is 1.83.